The highest BCUT2D eigenvalue weighted by Gasteiger charge is 2.19. The van der Waals surface area contributed by atoms with Gasteiger partial charge in [0.05, 0.1) is 12.6 Å². The van der Waals surface area contributed by atoms with Gasteiger partial charge in [-0.05, 0) is 37.1 Å². The minimum absolute atomic E-state index is 0.0367. The fraction of sp³-hybridized carbons (Fsp3) is 0.300. The number of nitrogens with one attached hydrogen (secondary N) is 1. The molecule has 1 aliphatic heterocycles. The summed E-state index contributed by atoms with van der Waals surface area (Å²) in [5.41, 5.74) is 1.91. The molecule has 2 aromatic carbocycles. The Morgan fingerprint density at radius 2 is 1.56 bits per heavy atom. The first-order valence-electron chi connectivity index (χ1n) is 8.52. The summed E-state index contributed by atoms with van der Waals surface area (Å²) in [6, 6.07) is 16.1. The van der Waals surface area contributed by atoms with E-state index in [4.69, 9.17) is 0 Å². The normalized spacial score (nSPS) is 15.7. The maximum atomic E-state index is 12.4. The van der Waals surface area contributed by atoms with Crippen molar-refractivity contribution in [2.45, 2.75) is 18.9 Å². The van der Waals surface area contributed by atoms with E-state index in [1.807, 2.05) is 23.1 Å². The van der Waals surface area contributed by atoms with Crippen LogP contribution in [0.15, 0.2) is 54.6 Å². The SMILES string of the molecule is O=C(CN1CCC(O)CC1)Nc1ccc(C(=O)c2ccccc2)cc1. The largest absolute Gasteiger partial charge is 0.393 e. The number of hydrogen-bond donors (Lipinski definition) is 2. The number of hydrogen-bond acceptors (Lipinski definition) is 4. The quantitative estimate of drug-likeness (QED) is 0.821. The Bertz CT molecular complexity index is 720. The van der Waals surface area contributed by atoms with Crippen molar-refractivity contribution in [3.05, 3.63) is 65.7 Å². The van der Waals surface area contributed by atoms with Crippen molar-refractivity contribution >= 4 is 17.4 Å². The third-order valence-electron chi connectivity index (χ3n) is 4.39. The second kappa shape index (κ2) is 8.05. The first-order valence-corrected chi connectivity index (χ1v) is 8.52. The molecule has 0 atom stereocenters. The molecule has 0 bridgehead atoms. The van der Waals surface area contributed by atoms with Crippen LogP contribution in [0.3, 0.4) is 0 Å². The lowest BCUT2D eigenvalue weighted by Gasteiger charge is -2.28. The van der Waals surface area contributed by atoms with Gasteiger partial charge in [-0.2, -0.15) is 0 Å². The number of ketones is 1. The average Bonchev–Trinajstić information content (AvgIpc) is 2.64. The van der Waals surface area contributed by atoms with E-state index in [9.17, 15) is 14.7 Å². The number of likely N-dealkylation sites (tertiary alicyclic amines) is 1. The molecule has 1 fully saturated rings. The third kappa shape index (κ3) is 4.75. The number of anilines is 1. The molecule has 2 aromatic rings. The van der Waals surface area contributed by atoms with Crippen LogP contribution in [0.1, 0.15) is 28.8 Å². The molecule has 0 saturated carbocycles. The predicted octanol–water partition coefficient (Wildman–Crippen LogP) is 2.31. The standard InChI is InChI=1S/C20H22N2O3/c23-18-10-12-22(13-11-18)14-19(24)21-17-8-6-16(7-9-17)20(25)15-4-2-1-3-5-15/h1-9,18,23H,10-14H2,(H,21,24). The van der Waals surface area contributed by atoms with Crippen molar-refractivity contribution in [2.75, 3.05) is 25.0 Å². The van der Waals surface area contributed by atoms with Crippen LogP contribution < -0.4 is 5.32 Å². The Balaban J connectivity index is 1.55. The van der Waals surface area contributed by atoms with Crippen molar-refractivity contribution in [2.24, 2.45) is 0 Å². The molecule has 1 saturated heterocycles. The molecular formula is C20H22N2O3. The maximum Gasteiger partial charge on any atom is 0.238 e. The summed E-state index contributed by atoms with van der Waals surface area (Å²) in [6.07, 6.45) is 1.18. The molecular weight excluding hydrogens is 316 g/mol. The number of carbonyl (C=O) groups excluding carboxylic acids is 2. The summed E-state index contributed by atoms with van der Waals surface area (Å²) in [5, 5.41) is 12.3. The average molecular weight is 338 g/mol. The van der Waals surface area contributed by atoms with E-state index >= 15 is 0 Å². The minimum Gasteiger partial charge on any atom is -0.393 e. The highest BCUT2D eigenvalue weighted by atomic mass is 16.3. The van der Waals surface area contributed by atoms with E-state index in [1.54, 1.807) is 36.4 Å². The molecule has 3 rings (SSSR count). The maximum absolute atomic E-state index is 12.4. The summed E-state index contributed by atoms with van der Waals surface area (Å²) < 4.78 is 0. The van der Waals surface area contributed by atoms with Gasteiger partial charge in [0.1, 0.15) is 0 Å². The zero-order valence-electron chi connectivity index (χ0n) is 14.0. The molecule has 1 amide bonds. The second-order valence-corrected chi connectivity index (χ2v) is 6.33. The number of aliphatic hydroxyl groups is 1. The summed E-state index contributed by atoms with van der Waals surface area (Å²) in [7, 11) is 0. The van der Waals surface area contributed by atoms with Gasteiger partial charge < -0.3 is 10.4 Å². The van der Waals surface area contributed by atoms with Gasteiger partial charge in [-0.15, -0.1) is 0 Å². The van der Waals surface area contributed by atoms with Gasteiger partial charge >= 0.3 is 0 Å². The van der Waals surface area contributed by atoms with Crippen molar-refractivity contribution in [3.8, 4) is 0 Å². The first-order chi connectivity index (χ1) is 12.1. The lowest BCUT2D eigenvalue weighted by atomic mass is 10.0. The number of benzene rings is 2. The molecule has 2 N–H and O–H groups in total. The van der Waals surface area contributed by atoms with Crippen molar-refractivity contribution in [1.82, 2.24) is 4.90 Å². The fourth-order valence-electron chi connectivity index (χ4n) is 2.94. The van der Waals surface area contributed by atoms with Crippen LogP contribution in [0.5, 0.6) is 0 Å². The van der Waals surface area contributed by atoms with Gasteiger partial charge in [0, 0.05) is 29.9 Å². The zero-order valence-corrected chi connectivity index (χ0v) is 14.0. The number of carbonyl (C=O) groups is 2. The monoisotopic (exact) mass is 338 g/mol. The smallest absolute Gasteiger partial charge is 0.238 e. The first kappa shape index (κ1) is 17.3. The van der Waals surface area contributed by atoms with E-state index in [0.29, 0.717) is 36.2 Å². The molecule has 0 aliphatic carbocycles. The molecule has 1 heterocycles. The van der Waals surface area contributed by atoms with Crippen LogP contribution in [-0.4, -0.2) is 47.4 Å². The summed E-state index contributed by atoms with van der Waals surface area (Å²) in [6.45, 7) is 1.79. The van der Waals surface area contributed by atoms with Crippen LogP contribution in [0.2, 0.25) is 0 Å². The van der Waals surface area contributed by atoms with Gasteiger partial charge in [-0.3, -0.25) is 14.5 Å². The molecule has 25 heavy (non-hydrogen) atoms. The van der Waals surface area contributed by atoms with Crippen LogP contribution in [-0.2, 0) is 4.79 Å². The van der Waals surface area contributed by atoms with Crippen molar-refractivity contribution in [3.63, 3.8) is 0 Å². The minimum atomic E-state index is -0.242. The van der Waals surface area contributed by atoms with Gasteiger partial charge in [0.2, 0.25) is 5.91 Å². The number of nitrogens with zero attached hydrogens (tertiary/aromatic N) is 1. The predicted molar refractivity (Wildman–Crippen MR) is 96.6 cm³/mol. The van der Waals surface area contributed by atoms with E-state index in [0.717, 1.165) is 13.1 Å². The fourth-order valence-corrected chi connectivity index (χ4v) is 2.94. The van der Waals surface area contributed by atoms with E-state index in [1.165, 1.54) is 0 Å². The van der Waals surface area contributed by atoms with Crippen LogP contribution in [0, 0.1) is 0 Å². The van der Waals surface area contributed by atoms with Gasteiger partial charge in [0.25, 0.3) is 0 Å². The molecule has 0 unspecified atom stereocenters. The lowest BCUT2D eigenvalue weighted by Crippen LogP contribution is -2.40. The van der Waals surface area contributed by atoms with E-state index in [2.05, 4.69) is 5.32 Å². The van der Waals surface area contributed by atoms with Gasteiger partial charge in [-0.1, -0.05) is 30.3 Å². The van der Waals surface area contributed by atoms with Crippen LogP contribution in [0.25, 0.3) is 0 Å². The number of aliphatic hydroxyl groups excluding tert-OH is 1. The Labute approximate surface area is 147 Å². The topological polar surface area (TPSA) is 69.6 Å². The lowest BCUT2D eigenvalue weighted by molar-refractivity contribution is -0.117. The zero-order chi connectivity index (χ0) is 17.6. The molecule has 5 heteroatoms. The number of amides is 1. The number of rotatable bonds is 5. The molecule has 0 aromatic heterocycles. The third-order valence-corrected chi connectivity index (χ3v) is 4.39. The van der Waals surface area contributed by atoms with Crippen molar-refractivity contribution < 1.29 is 14.7 Å². The molecule has 130 valence electrons. The molecule has 0 spiro atoms. The van der Waals surface area contributed by atoms with E-state index < -0.39 is 0 Å². The Hall–Kier alpha value is -2.50. The number of piperidine rings is 1. The second-order valence-electron chi connectivity index (χ2n) is 6.33. The van der Waals surface area contributed by atoms with Crippen molar-refractivity contribution in [1.29, 1.82) is 0 Å². The Morgan fingerprint density at radius 3 is 2.20 bits per heavy atom. The highest BCUT2D eigenvalue weighted by Crippen LogP contribution is 2.14. The molecule has 0 radical (unpaired) electrons. The Morgan fingerprint density at radius 1 is 0.960 bits per heavy atom. The van der Waals surface area contributed by atoms with Gasteiger partial charge in [0.15, 0.2) is 5.78 Å². The van der Waals surface area contributed by atoms with Crippen LogP contribution in [0.4, 0.5) is 5.69 Å². The Kier molecular flexibility index (Phi) is 5.58. The van der Waals surface area contributed by atoms with Gasteiger partial charge in [-0.25, -0.2) is 0 Å². The summed E-state index contributed by atoms with van der Waals surface area (Å²) >= 11 is 0. The summed E-state index contributed by atoms with van der Waals surface area (Å²) in [4.78, 5) is 26.5. The van der Waals surface area contributed by atoms with Crippen LogP contribution >= 0.6 is 0 Å². The molecule has 5 nitrogen and oxygen atoms in total. The molecule has 1 aliphatic rings. The highest BCUT2D eigenvalue weighted by molar-refractivity contribution is 6.09. The summed E-state index contributed by atoms with van der Waals surface area (Å²) in [5.74, 6) is -0.121. The van der Waals surface area contributed by atoms with E-state index in [-0.39, 0.29) is 17.8 Å².